The molecule has 0 heterocycles. The minimum atomic E-state index is -1.06. The summed E-state index contributed by atoms with van der Waals surface area (Å²) in [5, 5.41) is 15.1. The summed E-state index contributed by atoms with van der Waals surface area (Å²) in [5.41, 5.74) is 0.516. The maximum atomic E-state index is 12.6. The fourth-order valence-corrected chi connectivity index (χ4v) is 2.59. The van der Waals surface area contributed by atoms with Crippen LogP contribution in [0.25, 0.3) is 21.5 Å². The lowest BCUT2D eigenvalue weighted by atomic mass is 9.96. The van der Waals surface area contributed by atoms with Crippen molar-refractivity contribution in [1.29, 1.82) is 0 Å². The molecule has 0 unspecified atom stereocenters. The Kier molecular flexibility index (Phi) is 3.51. The van der Waals surface area contributed by atoms with Crippen LogP contribution in [0.5, 0.6) is 0 Å². The summed E-state index contributed by atoms with van der Waals surface area (Å²) in [5.74, 6) is -1.43. The molecule has 0 aromatic heterocycles. The average molecular weight is 293 g/mol. The number of carboxylic acid groups (broad SMARTS) is 1. The Labute approximate surface area is 127 Å². The van der Waals surface area contributed by atoms with E-state index in [1.165, 1.54) is 6.92 Å². The Morgan fingerprint density at radius 3 is 1.95 bits per heavy atom. The summed E-state index contributed by atoms with van der Waals surface area (Å²) in [6, 6.07) is 16.3. The number of carboxylic acids is 1. The molecule has 0 saturated carbocycles. The second kappa shape index (κ2) is 5.48. The second-order valence-corrected chi connectivity index (χ2v) is 5.23. The molecule has 0 saturated heterocycles. The van der Waals surface area contributed by atoms with Crippen molar-refractivity contribution in [2.24, 2.45) is 0 Å². The monoisotopic (exact) mass is 293 g/mol. The molecule has 0 fully saturated rings. The molecule has 2 N–H and O–H groups in total. The smallest absolute Gasteiger partial charge is 0.325 e. The van der Waals surface area contributed by atoms with E-state index >= 15 is 0 Å². The molecule has 4 heteroatoms. The van der Waals surface area contributed by atoms with E-state index in [-0.39, 0.29) is 5.91 Å². The normalized spacial score (nSPS) is 12.2. The Hall–Kier alpha value is -2.88. The summed E-state index contributed by atoms with van der Waals surface area (Å²) in [7, 11) is 0. The van der Waals surface area contributed by atoms with Crippen molar-refractivity contribution in [3.63, 3.8) is 0 Å². The summed E-state index contributed by atoms with van der Waals surface area (Å²) >= 11 is 0. The Morgan fingerprint density at radius 2 is 1.45 bits per heavy atom. The van der Waals surface area contributed by atoms with Gasteiger partial charge in [0.15, 0.2) is 0 Å². The van der Waals surface area contributed by atoms with Gasteiger partial charge in [-0.2, -0.15) is 0 Å². The molecular weight excluding hydrogens is 278 g/mol. The van der Waals surface area contributed by atoms with Gasteiger partial charge in [-0.05, 0) is 34.5 Å². The van der Waals surface area contributed by atoms with Crippen molar-refractivity contribution in [2.45, 2.75) is 13.0 Å². The van der Waals surface area contributed by atoms with Gasteiger partial charge in [0, 0.05) is 0 Å². The highest BCUT2D eigenvalue weighted by Crippen LogP contribution is 2.28. The lowest BCUT2D eigenvalue weighted by molar-refractivity contribution is -0.138. The first kappa shape index (κ1) is 14.1. The van der Waals surface area contributed by atoms with Crippen LogP contribution in [-0.4, -0.2) is 23.0 Å². The van der Waals surface area contributed by atoms with Gasteiger partial charge in [-0.1, -0.05) is 48.5 Å². The molecule has 4 nitrogen and oxygen atoms in total. The van der Waals surface area contributed by atoms with E-state index in [1.54, 1.807) is 0 Å². The molecule has 3 aromatic carbocycles. The number of rotatable bonds is 3. The van der Waals surface area contributed by atoms with Crippen LogP contribution in [0.1, 0.15) is 17.3 Å². The molecule has 3 aromatic rings. The zero-order chi connectivity index (χ0) is 15.7. The number of hydrogen-bond acceptors (Lipinski definition) is 2. The first-order valence-electron chi connectivity index (χ1n) is 7.02. The third-order valence-corrected chi connectivity index (χ3v) is 3.72. The van der Waals surface area contributed by atoms with Gasteiger partial charge in [-0.15, -0.1) is 0 Å². The SMILES string of the molecule is C[C@@H](NC(=O)c1c2ccccc2cc2ccccc12)C(=O)O. The third kappa shape index (κ3) is 2.39. The molecule has 0 aliphatic heterocycles. The van der Waals surface area contributed by atoms with Crippen LogP contribution in [0.3, 0.4) is 0 Å². The fraction of sp³-hybridized carbons (Fsp3) is 0.111. The average Bonchev–Trinajstić information content (AvgIpc) is 2.52. The van der Waals surface area contributed by atoms with Crippen LogP contribution < -0.4 is 5.32 Å². The Balaban J connectivity index is 2.24. The maximum Gasteiger partial charge on any atom is 0.325 e. The number of amides is 1. The Morgan fingerprint density at radius 1 is 0.955 bits per heavy atom. The topological polar surface area (TPSA) is 66.4 Å². The van der Waals surface area contributed by atoms with Gasteiger partial charge in [-0.25, -0.2) is 0 Å². The largest absolute Gasteiger partial charge is 0.480 e. The molecule has 1 amide bonds. The lowest BCUT2D eigenvalue weighted by Crippen LogP contribution is -2.38. The number of aliphatic carboxylic acids is 1. The van der Waals surface area contributed by atoms with Gasteiger partial charge < -0.3 is 10.4 Å². The summed E-state index contributed by atoms with van der Waals surface area (Å²) < 4.78 is 0. The molecule has 0 bridgehead atoms. The van der Waals surface area contributed by atoms with E-state index < -0.39 is 12.0 Å². The molecule has 0 aliphatic carbocycles. The predicted octanol–water partition coefficient (Wildman–Crippen LogP) is 3.20. The van der Waals surface area contributed by atoms with E-state index in [9.17, 15) is 9.59 Å². The van der Waals surface area contributed by atoms with E-state index in [0.717, 1.165) is 21.5 Å². The van der Waals surface area contributed by atoms with Crippen LogP contribution >= 0.6 is 0 Å². The molecule has 3 rings (SSSR count). The Bertz CT molecular complexity index is 832. The first-order chi connectivity index (χ1) is 10.6. The number of nitrogens with one attached hydrogen (secondary N) is 1. The number of carbonyl (C=O) groups is 2. The van der Waals surface area contributed by atoms with Crippen LogP contribution in [-0.2, 0) is 4.79 Å². The van der Waals surface area contributed by atoms with E-state index in [2.05, 4.69) is 5.32 Å². The van der Waals surface area contributed by atoms with Crippen LogP contribution in [0.2, 0.25) is 0 Å². The molecular formula is C18H15NO3. The number of benzene rings is 3. The van der Waals surface area contributed by atoms with Crippen molar-refractivity contribution >= 4 is 33.4 Å². The second-order valence-electron chi connectivity index (χ2n) is 5.23. The summed E-state index contributed by atoms with van der Waals surface area (Å²) in [6.07, 6.45) is 0. The highest BCUT2D eigenvalue weighted by molar-refractivity contribution is 6.18. The van der Waals surface area contributed by atoms with Crippen molar-refractivity contribution < 1.29 is 14.7 Å². The zero-order valence-electron chi connectivity index (χ0n) is 12.0. The molecule has 110 valence electrons. The van der Waals surface area contributed by atoms with Gasteiger partial charge in [0.1, 0.15) is 6.04 Å². The molecule has 1 atom stereocenters. The van der Waals surface area contributed by atoms with Crippen LogP contribution in [0, 0.1) is 0 Å². The van der Waals surface area contributed by atoms with Crippen molar-refractivity contribution in [3.05, 3.63) is 60.2 Å². The fourth-order valence-electron chi connectivity index (χ4n) is 2.59. The predicted molar refractivity (Wildman–Crippen MR) is 86.0 cm³/mol. The summed E-state index contributed by atoms with van der Waals surface area (Å²) in [6.45, 7) is 1.45. The number of hydrogen-bond donors (Lipinski definition) is 2. The van der Waals surface area contributed by atoms with Crippen molar-refractivity contribution in [3.8, 4) is 0 Å². The molecule has 0 aliphatic rings. The number of fused-ring (bicyclic) bond motifs is 2. The van der Waals surface area contributed by atoms with Gasteiger partial charge in [0.2, 0.25) is 0 Å². The third-order valence-electron chi connectivity index (χ3n) is 3.72. The van der Waals surface area contributed by atoms with Crippen molar-refractivity contribution in [2.75, 3.05) is 0 Å². The van der Waals surface area contributed by atoms with Crippen molar-refractivity contribution in [1.82, 2.24) is 5.32 Å². The quantitative estimate of drug-likeness (QED) is 0.729. The highest BCUT2D eigenvalue weighted by Gasteiger charge is 2.19. The number of carbonyl (C=O) groups excluding carboxylic acids is 1. The minimum Gasteiger partial charge on any atom is -0.480 e. The maximum absolute atomic E-state index is 12.6. The van der Waals surface area contributed by atoms with Gasteiger partial charge in [0.05, 0.1) is 5.56 Å². The molecule has 22 heavy (non-hydrogen) atoms. The zero-order valence-corrected chi connectivity index (χ0v) is 12.0. The van der Waals surface area contributed by atoms with E-state index in [1.807, 2.05) is 54.6 Å². The van der Waals surface area contributed by atoms with Crippen LogP contribution in [0.15, 0.2) is 54.6 Å². The van der Waals surface area contributed by atoms with Gasteiger partial charge in [0.25, 0.3) is 5.91 Å². The van der Waals surface area contributed by atoms with Crippen LogP contribution in [0.4, 0.5) is 0 Å². The lowest BCUT2D eigenvalue weighted by Gasteiger charge is -2.14. The molecule has 0 spiro atoms. The first-order valence-corrected chi connectivity index (χ1v) is 7.02. The summed E-state index contributed by atoms with van der Waals surface area (Å²) in [4.78, 5) is 23.6. The molecule has 0 radical (unpaired) electrons. The van der Waals surface area contributed by atoms with E-state index in [4.69, 9.17) is 5.11 Å². The highest BCUT2D eigenvalue weighted by atomic mass is 16.4. The standard InChI is InChI=1S/C18H15NO3/c1-11(18(21)22)19-17(20)16-14-8-4-2-6-12(14)10-13-7-3-5-9-15(13)16/h2-11H,1H3,(H,19,20)(H,21,22)/t11-/m1/s1. The van der Waals surface area contributed by atoms with Gasteiger partial charge in [-0.3, -0.25) is 9.59 Å². The van der Waals surface area contributed by atoms with Gasteiger partial charge >= 0.3 is 5.97 Å². The minimum absolute atomic E-state index is 0.372. The van der Waals surface area contributed by atoms with E-state index in [0.29, 0.717) is 5.56 Å².